The number of nitrogens with zero attached hydrogens (tertiary/aromatic N) is 6. The maximum Gasteiger partial charge on any atom is 0.232 e. The Morgan fingerprint density at radius 2 is 1.97 bits per heavy atom. The third-order valence-corrected chi connectivity index (χ3v) is 5.46. The van der Waals surface area contributed by atoms with Gasteiger partial charge in [0.15, 0.2) is 11.6 Å². The lowest BCUT2D eigenvalue weighted by Crippen LogP contribution is -2.31. The molecule has 33 heavy (non-hydrogen) atoms. The molecule has 0 spiro atoms. The van der Waals surface area contributed by atoms with Crippen LogP contribution in [-0.4, -0.2) is 37.2 Å². The molecule has 0 radical (unpaired) electrons. The second kappa shape index (κ2) is 8.38. The summed E-state index contributed by atoms with van der Waals surface area (Å²) in [5.41, 5.74) is 2.83. The van der Waals surface area contributed by atoms with E-state index in [0.717, 1.165) is 29.1 Å². The number of aromatic nitrogens is 5. The zero-order chi connectivity index (χ0) is 22.9. The van der Waals surface area contributed by atoms with E-state index in [-0.39, 0.29) is 12.3 Å². The molecule has 1 aromatic carbocycles. The normalized spacial score (nSPS) is 12.6. The number of benzene rings is 1. The summed E-state index contributed by atoms with van der Waals surface area (Å²) in [5.74, 6) is -0.352. The Balaban J connectivity index is 1.34. The summed E-state index contributed by atoms with van der Waals surface area (Å²) in [4.78, 5) is 27.7. The number of hydrogen-bond donors (Lipinski definition) is 1. The molecule has 0 aliphatic carbocycles. The van der Waals surface area contributed by atoms with Crippen LogP contribution in [0.25, 0.3) is 11.3 Å². The number of aryl methyl sites for hydroxylation is 1. The molecule has 0 atom stereocenters. The Hall–Kier alpha value is -4.21. The molecule has 0 saturated heterocycles. The molecule has 1 N–H and O–H groups in total. The fourth-order valence-corrected chi connectivity index (χ4v) is 3.76. The molecular formula is C23H19F2N7O. The maximum atomic E-state index is 13.5. The lowest BCUT2D eigenvalue weighted by Gasteiger charge is -2.16. The third kappa shape index (κ3) is 4.14. The maximum absolute atomic E-state index is 13.5. The molecule has 1 aliphatic heterocycles. The number of pyridine rings is 1. The molecular weight excluding hydrogens is 428 g/mol. The Morgan fingerprint density at radius 3 is 2.76 bits per heavy atom. The Kier molecular flexibility index (Phi) is 5.25. The molecule has 8 nitrogen and oxygen atoms in total. The first-order chi connectivity index (χ1) is 16.0. The van der Waals surface area contributed by atoms with Gasteiger partial charge in [0.25, 0.3) is 0 Å². The van der Waals surface area contributed by atoms with Crippen molar-refractivity contribution in [1.29, 1.82) is 0 Å². The SMILES string of the molecule is Cn1nccc1Nc1nccc(-c2cnc3c(c2)CCN3C(=O)Cc2ccc(F)c(F)c2)n1. The zero-order valence-electron chi connectivity index (χ0n) is 17.7. The summed E-state index contributed by atoms with van der Waals surface area (Å²) < 4.78 is 28.3. The molecule has 4 aromatic rings. The van der Waals surface area contributed by atoms with Gasteiger partial charge in [0, 0.05) is 37.6 Å². The van der Waals surface area contributed by atoms with E-state index in [0.29, 0.717) is 36.0 Å². The Labute approximate surface area is 187 Å². The van der Waals surface area contributed by atoms with Crippen LogP contribution in [0.4, 0.5) is 26.4 Å². The van der Waals surface area contributed by atoms with Crippen molar-refractivity contribution >= 4 is 23.5 Å². The van der Waals surface area contributed by atoms with Crippen molar-refractivity contribution < 1.29 is 13.6 Å². The highest BCUT2D eigenvalue weighted by Crippen LogP contribution is 2.30. The van der Waals surface area contributed by atoms with Gasteiger partial charge in [-0.15, -0.1) is 0 Å². The summed E-state index contributed by atoms with van der Waals surface area (Å²) in [6.45, 7) is 0.478. The Morgan fingerprint density at radius 1 is 1.09 bits per heavy atom. The van der Waals surface area contributed by atoms with Crippen LogP contribution >= 0.6 is 0 Å². The van der Waals surface area contributed by atoms with Crippen LogP contribution < -0.4 is 10.2 Å². The molecule has 0 bridgehead atoms. The van der Waals surface area contributed by atoms with Crippen molar-refractivity contribution in [3.8, 4) is 11.3 Å². The molecule has 0 unspecified atom stereocenters. The van der Waals surface area contributed by atoms with Gasteiger partial charge >= 0.3 is 0 Å². The summed E-state index contributed by atoms with van der Waals surface area (Å²) in [6, 6.07) is 9.06. The number of halogens is 2. The molecule has 3 aromatic heterocycles. The molecule has 0 fully saturated rings. The highest BCUT2D eigenvalue weighted by atomic mass is 19.2. The quantitative estimate of drug-likeness (QED) is 0.504. The topological polar surface area (TPSA) is 88.8 Å². The van der Waals surface area contributed by atoms with Crippen LogP contribution in [0.1, 0.15) is 11.1 Å². The average molecular weight is 447 g/mol. The first-order valence-electron chi connectivity index (χ1n) is 10.3. The first kappa shape index (κ1) is 20.7. The third-order valence-electron chi connectivity index (χ3n) is 5.46. The predicted octanol–water partition coefficient (Wildman–Crippen LogP) is 3.43. The van der Waals surface area contributed by atoms with Crippen molar-refractivity contribution in [2.45, 2.75) is 12.8 Å². The smallest absolute Gasteiger partial charge is 0.232 e. The van der Waals surface area contributed by atoms with Crippen LogP contribution in [0.15, 0.2) is 55.0 Å². The van der Waals surface area contributed by atoms with Crippen molar-refractivity contribution in [2.75, 3.05) is 16.8 Å². The summed E-state index contributed by atoms with van der Waals surface area (Å²) in [6.07, 6.45) is 5.61. The van der Waals surface area contributed by atoms with Crippen LogP contribution in [0, 0.1) is 11.6 Å². The highest BCUT2D eigenvalue weighted by Gasteiger charge is 2.27. The molecule has 1 aliphatic rings. The number of carbonyl (C=O) groups excluding carboxylic acids is 1. The molecule has 4 heterocycles. The molecule has 1 amide bonds. The largest absolute Gasteiger partial charge is 0.309 e. The number of fused-ring (bicyclic) bond motifs is 1. The van der Waals surface area contributed by atoms with Crippen molar-refractivity contribution in [1.82, 2.24) is 24.7 Å². The van der Waals surface area contributed by atoms with E-state index in [1.807, 2.05) is 19.2 Å². The Bertz CT molecular complexity index is 1350. The number of amides is 1. The lowest BCUT2D eigenvalue weighted by atomic mass is 10.1. The fraction of sp³-hybridized carbons (Fsp3) is 0.174. The number of nitrogens with one attached hydrogen (secondary N) is 1. The number of hydrogen-bond acceptors (Lipinski definition) is 6. The van der Waals surface area contributed by atoms with Gasteiger partial charge in [-0.25, -0.2) is 23.7 Å². The fourth-order valence-electron chi connectivity index (χ4n) is 3.76. The number of rotatable bonds is 5. The number of carbonyl (C=O) groups is 1. The summed E-state index contributed by atoms with van der Waals surface area (Å²) in [7, 11) is 1.82. The monoisotopic (exact) mass is 447 g/mol. The van der Waals surface area contributed by atoms with Crippen molar-refractivity contribution in [2.24, 2.45) is 7.05 Å². The van der Waals surface area contributed by atoms with E-state index < -0.39 is 11.6 Å². The second-order valence-electron chi connectivity index (χ2n) is 7.66. The van der Waals surface area contributed by atoms with Crippen LogP contribution in [-0.2, 0) is 24.7 Å². The molecule has 10 heteroatoms. The van der Waals surface area contributed by atoms with Gasteiger partial charge in [0.2, 0.25) is 11.9 Å². The number of anilines is 3. The van der Waals surface area contributed by atoms with Gasteiger partial charge in [0.1, 0.15) is 11.6 Å². The zero-order valence-corrected chi connectivity index (χ0v) is 17.7. The molecule has 166 valence electrons. The van der Waals surface area contributed by atoms with Crippen LogP contribution in [0.3, 0.4) is 0 Å². The van der Waals surface area contributed by atoms with Crippen molar-refractivity contribution in [3.05, 3.63) is 77.8 Å². The van der Waals surface area contributed by atoms with Gasteiger partial charge in [-0.05, 0) is 41.8 Å². The summed E-state index contributed by atoms with van der Waals surface area (Å²) in [5, 5.41) is 7.23. The van der Waals surface area contributed by atoms with Crippen LogP contribution in [0.5, 0.6) is 0 Å². The second-order valence-corrected chi connectivity index (χ2v) is 7.66. The van der Waals surface area contributed by atoms with Crippen molar-refractivity contribution in [3.63, 3.8) is 0 Å². The van der Waals surface area contributed by atoms with Crippen LogP contribution in [0.2, 0.25) is 0 Å². The van der Waals surface area contributed by atoms with Gasteiger partial charge in [-0.3, -0.25) is 14.4 Å². The average Bonchev–Trinajstić information content (AvgIpc) is 3.42. The highest BCUT2D eigenvalue weighted by molar-refractivity contribution is 5.96. The van der Waals surface area contributed by atoms with E-state index in [4.69, 9.17) is 0 Å². The minimum atomic E-state index is -0.966. The van der Waals surface area contributed by atoms with E-state index in [1.54, 1.807) is 34.2 Å². The van der Waals surface area contributed by atoms with Gasteiger partial charge in [-0.1, -0.05) is 6.07 Å². The van der Waals surface area contributed by atoms with Gasteiger partial charge in [0.05, 0.1) is 18.3 Å². The lowest BCUT2D eigenvalue weighted by molar-refractivity contribution is -0.117. The predicted molar refractivity (Wildman–Crippen MR) is 118 cm³/mol. The van der Waals surface area contributed by atoms with Gasteiger partial charge < -0.3 is 5.32 Å². The van der Waals surface area contributed by atoms with E-state index in [2.05, 4.69) is 25.4 Å². The molecule has 0 saturated carbocycles. The standard InChI is InChI=1S/C23H19F2N7O/c1-31-20(5-8-28-31)30-23-26-7-4-19(29-23)16-12-15-6-9-32(22(15)27-13-16)21(33)11-14-2-3-17(24)18(25)10-14/h2-5,7-8,10,12-13H,6,9,11H2,1H3,(H,26,29,30). The minimum absolute atomic E-state index is 0.0327. The first-order valence-corrected chi connectivity index (χ1v) is 10.3. The van der Waals surface area contributed by atoms with E-state index in [1.165, 1.54) is 6.07 Å². The van der Waals surface area contributed by atoms with E-state index >= 15 is 0 Å². The van der Waals surface area contributed by atoms with E-state index in [9.17, 15) is 13.6 Å². The van der Waals surface area contributed by atoms with Gasteiger partial charge in [-0.2, -0.15) is 5.10 Å². The minimum Gasteiger partial charge on any atom is -0.309 e. The summed E-state index contributed by atoms with van der Waals surface area (Å²) >= 11 is 0. The molecule has 5 rings (SSSR count).